The van der Waals surface area contributed by atoms with Gasteiger partial charge in [-0.15, -0.1) is 0 Å². The second-order valence-corrected chi connectivity index (χ2v) is 5.88. The van der Waals surface area contributed by atoms with Crippen molar-refractivity contribution >= 4 is 5.78 Å². The molecule has 2 rings (SSSR count). The number of hydrogen-bond donors (Lipinski definition) is 1. The molecule has 0 aliphatic carbocycles. The maximum Gasteiger partial charge on any atom is 0.154 e. The Balaban J connectivity index is 2.10. The number of aryl methyl sites for hydroxylation is 3. The summed E-state index contributed by atoms with van der Waals surface area (Å²) in [5, 5.41) is 3.40. The van der Waals surface area contributed by atoms with E-state index in [1.54, 1.807) is 0 Å². The van der Waals surface area contributed by atoms with Crippen molar-refractivity contribution in [3.05, 3.63) is 34.4 Å². The molecule has 1 aliphatic heterocycles. The third-order valence-corrected chi connectivity index (χ3v) is 4.14. The number of nitrogens with one attached hydrogen (secondary N) is 1. The number of Topliss-reactive ketones (excluding diaryl/α,β-unsaturated/α-hetero) is 1. The van der Waals surface area contributed by atoms with Gasteiger partial charge in [-0.05, 0) is 56.8 Å². The molecular weight excluding hydrogens is 234 g/mol. The van der Waals surface area contributed by atoms with Gasteiger partial charge in [0.15, 0.2) is 5.78 Å². The maximum absolute atomic E-state index is 12.4. The molecule has 1 aromatic rings. The molecule has 1 fully saturated rings. The lowest BCUT2D eigenvalue weighted by molar-refractivity contribution is -0.120. The highest BCUT2D eigenvalue weighted by molar-refractivity contribution is 5.86. The Labute approximate surface area is 116 Å². The molecule has 19 heavy (non-hydrogen) atoms. The van der Waals surface area contributed by atoms with Crippen LogP contribution in [0.25, 0.3) is 0 Å². The van der Waals surface area contributed by atoms with Crippen molar-refractivity contribution in [3.63, 3.8) is 0 Å². The van der Waals surface area contributed by atoms with Gasteiger partial charge in [-0.25, -0.2) is 0 Å². The molecule has 0 aromatic heterocycles. The minimum Gasteiger partial charge on any atom is -0.307 e. The van der Waals surface area contributed by atoms with Crippen molar-refractivity contribution in [1.82, 2.24) is 5.32 Å². The standard InChI is InChI=1S/C17H25NO/c1-12-9-13(2)15(14(3)10-12)11-17(19)16-7-5-4-6-8-18-16/h9-10,16,18H,4-8,11H2,1-3H3. The number of carbonyl (C=O) groups excluding carboxylic acids is 1. The highest BCUT2D eigenvalue weighted by Gasteiger charge is 2.20. The lowest BCUT2D eigenvalue weighted by Crippen LogP contribution is -2.37. The highest BCUT2D eigenvalue weighted by atomic mass is 16.1. The Bertz CT molecular complexity index is 433. The molecule has 0 bridgehead atoms. The molecular formula is C17H25NO. The summed E-state index contributed by atoms with van der Waals surface area (Å²) in [6, 6.07) is 4.43. The minimum absolute atomic E-state index is 0.0719. The van der Waals surface area contributed by atoms with E-state index < -0.39 is 0 Å². The lowest BCUT2D eigenvalue weighted by Gasteiger charge is -2.17. The molecule has 0 radical (unpaired) electrons. The van der Waals surface area contributed by atoms with E-state index in [1.165, 1.54) is 41.5 Å². The Morgan fingerprint density at radius 2 is 1.84 bits per heavy atom. The predicted molar refractivity (Wildman–Crippen MR) is 79.6 cm³/mol. The molecule has 1 N–H and O–H groups in total. The van der Waals surface area contributed by atoms with Crippen molar-refractivity contribution in [3.8, 4) is 0 Å². The van der Waals surface area contributed by atoms with E-state index in [9.17, 15) is 4.79 Å². The van der Waals surface area contributed by atoms with Crippen LogP contribution in [-0.4, -0.2) is 18.4 Å². The summed E-state index contributed by atoms with van der Waals surface area (Å²) in [4.78, 5) is 12.4. The van der Waals surface area contributed by atoms with Gasteiger partial charge in [0.1, 0.15) is 0 Å². The third kappa shape index (κ3) is 3.66. The first kappa shape index (κ1) is 14.3. The Morgan fingerprint density at radius 3 is 2.53 bits per heavy atom. The van der Waals surface area contributed by atoms with E-state index in [2.05, 4.69) is 38.2 Å². The van der Waals surface area contributed by atoms with Gasteiger partial charge in [-0.3, -0.25) is 4.79 Å². The predicted octanol–water partition coefficient (Wildman–Crippen LogP) is 3.26. The summed E-state index contributed by atoms with van der Waals surface area (Å²) in [5.74, 6) is 0.358. The summed E-state index contributed by atoms with van der Waals surface area (Å²) < 4.78 is 0. The lowest BCUT2D eigenvalue weighted by atomic mass is 9.93. The molecule has 1 aliphatic rings. The summed E-state index contributed by atoms with van der Waals surface area (Å²) in [7, 11) is 0. The topological polar surface area (TPSA) is 29.1 Å². The van der Waals surface area contributed by atoms with Crippen molar-refractivity contribution in [2.45, 2.75) is 58.9 Å². The number of benzene rings is 1. The Hall–Kier alpha value is -1.15. The van der Waals surface area contributed by atoms with Gasteiger partial charge >= 0.3 is 0 Å². The molecule has 0 spiro atoms. The SMILES string of the molecule is Cc1cc(C)c(CC(=O)C2CCCCCN2)c(C)c1. The highest BCUT2D eigenvalue weighted by Crippen LogP contribution is 2.19. The zero-order valence-corrected chi connectivity index (χ0v) is 12.4. The van der Waals surface area contributed by atoms with Crippen LogP contribution in [-0.2, 0) is 11.2 Å². The summed E-state index contributed by atoms with van der Waals surface area (Å²) in [5.41, 5.74) is 5.00. The quantitative estimate of drug-likeness (QED) is 0.902. The van der Waals surface area contributed by atoms with Gasteiger partial charge in [0.25, 0.3) is 0 Å². The molecule has 0 amide bonds. The zero-order chi connectivity index (χ0) is 13.8. The molecule has 1 saturated heterocycles. The Morgan fingerprint density at radius 1 is 1.16 bits per heavy atom. The van der Waals surface area contributed by atoms with Crippen LogP contribution in [0, 0.1) is 20.8 Å². The van der Waals surface area contributed by atoms with Gasteiger partial charge in [0, 0.05) is 6.42 Å². The number of ketones is 1. The first-order valence-corrected chi connectivity index (χ1v) is 7.41. The van der Waals surface area contributed by atoms with Gasteiger partial charge in [-0.2, -0.15) is 0 Å². The first-order chi connectivity index (χ1) is 9.08. The van der Waals surface area contributed by atoms with Crippen LogP contribution in [0.3, 0.4) is 0 Å². The van der Waals surface area contributed by atoms with Gasteiger partial charge in [-0.1, -0.05) is 30.5 Å². The van der Waals surface area contributed by atoms with Gasteiger partial charge in [0.2, 0.25) is 0 Å². The largest absolute Gasteiger partial charge is 0.307 e. The van der Waals surface area contributed by atoms with E-state index in [1.807, 2.05) is 0 Å². The fourth-order valence-corrected chi connectivity index (χ4v) is 3.09. The zero-order valence-electron chi connectivity index (χ0n) is 12.4. The Kier molecular flexibility index (Phi) is 4.76. The average Bonchev–Trinajstić information content (AvgIpc) is 2.62. The maximum atomic E-state index is 12.4. The van der Waals surface area contributed by atoms with E-state index in [0.717, 1.165) is 13.0 Å². The fourth-order valence-electron chi connectivity index (χ4n) is 3.09. The summed E-state index contributed by atoms with van der Waals surface area (Å²) >= 11 is 0. The van der Waals surface area contributed by atoms with E-state index >= 15 is 0 Å². The van der Waals surface area contributed by atoms with Crippen LogP contribution in [0.4, 0.5) is 0 Å². The van der Waals surface area contributed by atoms with Crippen molar-refractivity contribution in [1.29, 1.82) is 0 Å². The molecule has 1 atom stereocenters. The molecule has 2 nitrogen and oxygen atoms in total. The van der Waals surface area contributed by atoms with Gasteiger partial charge in [0.05, 0.1) is 6.04 Å². The molecule has 0 saturated carbocycles. The monoisotopic (exact) mass is 259 g/mol. The van der Waals surface area contributed by atoms with Crippen molar-refractivity contribution in [2.24, 2.45) is 0 Å². The number of hydrogen-bond acceptors (Lipinski definition) is 2. The van der Waals surface area contributed by atoms with Crippen LogP contribution in [0.15, 0.2) is 12.1 Å². The molecule has 2 heteroatoms. The second-order valence-electron chi connectivity index (χ2n) is 5.88. The first-order valence-electron chi connectivity index (χ1n) is 7.41. The molecule has 1 aromatic carbocycles. The van der Waals surface area contributed by atoms with E-state index in [4.69, 9.17) is 0 Å². The van der Waals surface area contributed by atoms with Crippen LogP contribution >= 0.6 is 0 Å². The smallest absolute Gasteiger partial charge is 0.154 e. The fraction of sp³-hybridized carbons (Fsp3) is 0.588. The van der Waals surface area contributed by atoms with Crippen LogP contribution in [0.5, 0.6) is 0 Å². The summed E-state index contributed by atoms with van der Waals surface area (Å²) in [6.45, 7) is 7.33. The van der Waals surface area contributed by atoms with Crippen LogP contribution < -0.4 is 5.32 Å². The molecule has 1 heterocycles. The summed E-state index contributed by atoms with van der Waals surface area (Å²) in [6.07, 6.45) is 5.21. The molecule has 104 valence electrons. The van der Waals surface area contributed by atoms with Crippen LogP contribution in [0.2, 0.25) is 0 Å². The third-order valence-electron chi connectivity index (χ3n) is 4.14. The van der Waals surface area contributed by atoms with E-state index in [0.29, 0.717) is 12.2 Å². The van der Waals surface area contributed by atoms with Crippen molar-refractivity contribution in [2.75, 3.05) is 6.54 Å². The normalized spacial score (nSPS) is 20.1. The average molecular weight is 259 g/mol. The number of rotatable bonds is 3. The van der Waals surface area contributed by atoms with Crippen molar-refractivity contribution < 1.29 is 4.79 Å². The van der Waals surface area contributed by atoms with Crippen LogP contribution in [0.1, 0.15) is 47.9 Å². The molecule has 1 unspecified atom stereocenters. The minimum atomic E-state index is 0.0719. The number of carbonyl (C=O) groups is 1. The van der Waals surface area contributed by atoms with E-state index in [-0.39, 0.29) is 6.04 Å². The second kappa shape index (κ2) is 6.33. The van der Waals surface area contributed by atoms with Gasteiger partial charge < -0.3 is 5.32 Å².